The van der Waals surface area contributed by atoms with Crippen molar-refractivity contribution in [3.05, 3.63) is 69.8 Å². The molecule has 1 saturated heterocycles. The van der Waals surface area contributed by atoms with Gasteiger partial charge < -0.3 is 15.1 Å². The zero-order valence-corrected chi connectivity index (χ0v) is 16.7. The SMILES string of the molecule is O=C(C[NH+]1CCN(c2ccc(C(=O)c3ccccc3)cc2[N+](=O)[O-])CC1)NC1CC1. The van der Waals surface area contributed by atoms with Crippen LogP contribution in [0.5, 0.6) is 0 Å². The summed E-state index contributed by atoms with van der Waals surface area (Å²) in [7, 11) is 0. The predicted molar refractivity (Wildman–Crippen MR) is 112 cm³/mol. The highest BCUT2D eigenvalue weighted by atomic mass is 16.6. The zero-order valence-electron chi connectivity index (χ0n) is 16.7. The predicted octanol–water partition coefficient (Wildman–Crippen LogP) is 0.809. The van der Waals surface area contributed by atoms with Gasteiger partial charge >= 0.3 is 0 Å². The quantitative estimate of drug-likeness (QED) is 0.401. The van der Waals surface area contributed by atoms with Crippen molar-refractivity contribution in [1.29, 1.82) is 0 Å². The number of benzene rings is 2. The first-order valence-electron chi connectivity index (χ1n) is 10.3. The van der Waals surface area contributed by atoms with Gasteiger partial charge in [-0.2, -0.15) is 0 Å². The van der Waals surface area contributed by atoms with Crippen LogP contribution in [0.15, 0.2) is 48.5 Å². The molecule has 1 saturated carbocycles. The van der Waals surface area contributed by atoms with Crippen LogP contribution in [0.1, 0.15) is 28.8 Å². The van der Waals surface area contributed by atoms with E-state index in [1.54, 1.807) is 36.4 Å². The van der Waals surface area contributed by atoms with Gasteiger partial charge in [-0.15, -0.1) is 0 Å². The number of anilines is 1. The second-order valence-corrected chi connectivity index (χ2v) is 7.91. The number of rotatable bonds is 7. The minimum atomic E-state index is -0.431. The molecule has 1 amide bonds. The summed E-state index contributed by atoms with van der Waals surface area (Å²) in [4.78, 5) is 39.1. The first-order valence-corrected chi connectivity index (χ1v) is 10.3. The molecule has 1 aliphatic carbocycles. The van der Waals surface area contributed by atoms with E-state index >= 15 is 0 Å². The van der Waals surface area contributed by atoms with Gasteiger partial charge in [-0.05, 0) is 25.0 Å². The molecule has 0 atom stereocenters. The van der Waals surface area contributed by atoms with Gasteiger partial charge in [0.25, 0.3) is 11.6 Å². The number of piperazine rings is 1. The molecule has 8 heteroatoms. The molecule has 2 N–H and O–H groups in total. The first kappa shape index (κ1) is 20.0. The summed E-state index contributed by atoms with van der Waals surface area (Å²) in [6.07, 6.45) is 2.14. The van der Waals surface area contributed by atoms with Crippen molar-refractivity contribution in [2.24, 2.45) is 0 Å². The lowest BCUT2D eigenvalue weighted by Crippen LogP contribution is -3.16. The lowest BCUT2D eigenvalue weighted by molar-refractivity contribution is -0.892. The third-order valence-corrected chi connectivity index (χ3v) is 5.63. The number of hydrogen-bond donors (Lipinski definition) is 2. The Morgan fingerprint density at radius 3 is 2.40 bits per heavy atom. The zero-order chi connectivity index (χ0) is 21.1. The maximum Gasteiger partial charge on any atom is 0.293 e. The number of nitrogens with zero attached hydrogens (tertiary/aromatic N) is 2. The molecule has 0 unspecified atom stereocenters. The van der Waals surface area contributed by atoms with Crippen molar-refractivity contribution in [2.75, 3.05) is 37.6 Å². The van der Waals surface area contributed by atoms with E-state index in [0.717, 1.165) is 25.9 Å². The van der Waals surface area contributed by atoms with Gasteiger partial charge in [0, 0.05) is 23.2 Å². The molecule has 8 nitrogen and oxygen atoms in total. The van der Waals surface area contributed by atoms with Crippen LogP contribution >= 0.6 is 0 Å². The van der Waals surface area contributed by atoms with Gasteiger partial charge in [0.2, 0.25) is 0 Å². The molecule has 156 valence electrons. The van der Waals surface area contributed by atoms with Crippen molar-refractivity contribution in [3.63, 3.8) is 0 Å². The summed E-state index contributed by atoms with van der Waals surface area (Å²) in [5.74, 6) is -0.156. The van der Waals surface area contributed by atoms with Crippen LogP contribution < -0.4 is 15.1 Å². The van der Waals surface area contributed by atoms with Crippen LogP contribution in [0.2, 0.25) is 0 Å². The fourth-order valence-corrected chi connectivity index (χ4v) is 3.81. The van der Waals surface area contributed by atoms with Crippen molar-refractivity contribution < 1.29 is 19.4 Å². The van der Waals surface area contributed by atoms with Gasteiger partial charge in [0.1, 0.15) is 5.69 Å². The van der Waals surface area contributed by atoms with Crippen molar-refractivity contribution in [1.82, 2.24) is 5.32 Å². The van der Waals surface area contributed by atoms with E-state index in [0.29, 0.717) is 42.5 Å². The van der Waals surface area contributed by atoms with E-state index in [1.807, 2.05) is 11.0 Å². The lowest BCUT2D eigenvalue weighted by atomic mass is 10.0. The third kappa shape index (κ3) is 4.65. The molecule has 1 aliphatic heterocycles. The van der Waals surface area contributed by atoms with Crippen LogP contribution in [-0.4, -0.2) is 55.4 Å². The van der Waals surface area contributed by atoms with Gasteiger partial charge in [-0.3, -0.25) is 19.7 Å². The Labute approximate surface area is 174 Å². The molecule has 2 fully saturated rings. The molecule has 2 aromatic rings. The highest BCUT2D eigenvalue weighted by Crippen LogP contribution is 2.30. The van der Waals surface area contributed by atoms with Crippen molar-refractivity contribution >= 4 is 23.1 Å². The minimum absolute atomic E-state index is 0.0632. The minimum Gasteiger partial charge on any atom is -0.355 e. The second-order valence-electron chi connectivity index (χ2n) is 7.91. The number of nitro benzene ring substituents is 1. The standard InChI is InChI=1S/C22H24N4O4/c27-21(23-18-7-8-18)15-24-10-12-25(13-11-24)19-9-6-17(14-20(19)26(29)30)22(28)16-4-2-1-3-5-16/h1-6,9,14,18H,7-8,10-13,15H2,(H,23,27)/p+1. The second kappa shape index (κ2) is 8.62. The summed E-state index contributed by atoms with van der Waals surface area (Å²) in [6.45, 7) is 3.16. The highest BCUT2D eigenvalue weighted by molar-refractivity contribution is 6.09. The van der Waals surface area contributed by atoms with Crippen LogP contribution in [0.25, 0.3) is 0 Å². The third-order valence-electron chi connectivity index (χ3n) is 5.63. The van der Waals surface area contributed by atoms with E-state index in [4.69, 9.17) is 0 Å². The number of nitrogens with one attached hydrogen (secondary N) is 2. The monoisotopic (exact) mass is 409 g/mol. The molecule has 2 aromatic carbocycles. The smallest absolute Gasteiger partial charge is 0.293 e. The number of nitro groups is 1. The fourth-order valence-electron chi connectivity index (χ4n) is 3.81. The van der Waals surface area contributed by atoms with Crippen LogP contribution in [0.3, 0.4) is 0 Å². The Hall–Kier alpha value is -3.26. The van der Waals surface area contributed by atoms with Gasteiger partial charge in [-0.1, -0.05) is 30.3 Å². The van der Waals surface area contributed by atoms with E-state index in [-0.39, 0.29) is 17.4 Å². The Morgan fingerprint density at radius 1 is 1.07 bits per heavy atom. The van der Waals surface area contributed by atoms with Gasteiger partial charge in [0.05, 0.1) is 31.1 Å². The summed E-state index contributed by atoms with van der Waals surface area (Å²) in [5, 5.41) is 14.7. The maximum absolute atomic E-state index is 12.7. The van der Waals surface area contributed by atoms with Crippen molar-refractivity contribution in [2.45, 2.75) is 18.9 Å². The highest BCUT2D eigenvalue weighted by Gasteiger charge is 2.29. The topological polar surface area (TPSA) is 97.0 Å². The number of quaternary nitrogens is 1. The number of ketones is 1. The molecular weight excluding hydrogens is 384 g/mol. The molecular formula is C22H25N4O4+. The average molecular weight is 409 g/mol. The Bertz CT molecular complexity index is 951. The molecule has 0 spiro atoms. The largest absolute Gasteiger partial charge is 0.355 e. The van der Waals surface area contributed by atoms with Crippen LogP contribution in [0.4, 0.5) is 11.4 Å². The summed E-state index contributed by atoms with van der Waals surface area (Å²) < 4.78 is 0. The Kier molecular flexibility index (Phi) is 5.76. The lowest BCUT2D eigenvalue weighted by Gasteiger charge is -2.33. The summed E-state index contributed by atoms with van der Waals surface area (Å²) in [5.41, 5.74) is 1.26. The normalized spacial score (nSPS) is 16.9. The molecule has 2 aliphatic rings. The Balaban J connectivity index is 1.44. The first-order chi connectivity index (χ1) is 14.5. The molecule has 4 rings (SSSR count). The number of hydrogen-bond acceptors (Lipinski definition) is 5. The van der Waals surface area contributed by atoms with E-state index in [9.17, 15) is 19.7 Å². The summed E-state index contributed by atoms with van der Waals surface area (Å²) in [6, 6.07) is 13.8. The van der Waals surface area contributed by atoms with Crippen LogP contribution in [0, 0.1) is 10.1 Å². The molecule has 30 heavy (non-hydrogen) atoms. The fraction of sp³-hybridized carbons (Fsp3) is 0.364. The number of amides is 1. The van der Waals surface area contributed by atoms with E-state index < -0.39 is 4.92 Å². The molecule has 0 aromatic heterocycles. The van der Waals surface area contributed by atoms with Crippen LogP contribution in [-0.2, 0) is 4.79 Å². The Morgan fingerprint density at radius 2 is 1.77 bits per heavy atom. The van der Waals surface area contributed by atoms with Gasteiger partial charge in [-0.25, -0.2) is 0 Å². The summed E-state index contributed by atoms with van der Waals surface area (Å²) >= 11 is 0. The molecule has 0 bridgehead atoms. The average Bonchev–Trinajstić information content (AvgIpc) is 3.58. The molecule has 1 heterocycles. The van der Waals surface area contributed by atoms with E-state index in [2.05, 4.69) is 5.32 Å². The molecule has 0 radical (unpaired) electrons. The van der Waals surface area contributed by atoms with Crippen molar-refractivity contribution in [3.8, 4) is 0 Å². The maximum atomic E-state index is 12.7. The number of carbonyl (C=O) groups is 2. The van der Waals surface area contributed by atoms with Gasteiger partial charge in [0.15, 0.2) is 12.3 Å². The number of carbonyl (C=O) groups excluding carboxylic acids is 2. The van der Waals surface area contributed by atoms with E-state index in [1.165, 1.54) is 11.0 Å².